The third-order valence-corrected chi connectivity index (χ3v) is 7.76. The molecule has 2 aliphatic heterocycles. The number of halogens is 2. The predicted molar refractivity (Wildman–Crippen MR) is 150 cm³/mol. The van der Waals surface area contributed by atoms with Crippen LogP contribution in [0.3, 0.4) is 0 Å². The van der Waals surface area contributed by atoms with E-state index in [2.05, 4.69) is 10.3 Å². The highest BCUT2D eigenvalue weighted by atomic mass is 19.1. The Morgan fingerprint density at radius 1 is 1.14 bits per heavy atom. The Kier molecular flexibility index (Phi) is 7.36. The number of hydrogen-bond acceptors (Lipinski definition) is 8. The third-order valence-electron chi connectivity index (χ3n) is 7.76. The van der Waals surface area contributed by atoms with Gasteiger partial charge in [0.05, 0.1) is 30.7 Å². The summed E-state index contributed by atoms with van der Waals surface area (Å²) < 4.78 is 43.3. The van der Waals surface area contributed by atoms with E-state index in [1.54, 1.807) is 9.47 Å². The standard InChI is InChI=1S/C29H29F2N5O7/c1-15(37)32-11-19-13-36(29(41)43-19)17-6-7-24(22(30)9-17)42-18-3-2-8-34(12-18)27-23(31)10-20-25(38)21(28(39)40)14-35(16-4-5-16)26(20)33-27/h6-7,9-10,14,16,18-19H,2-5,8,11-13H2,1H3,(H,32,37)(H,39,40). The van der Waals surface area contributed by atoms with Crippen molar-refractivity contribution in [3.63, 3.8) is 0 Å². The summed E-state index contributed by atoms with van der Waals surface area (Å²) in [7, 11) is 0. The highest BCUT2D eigenvalue weighted by molar-refractivity contribution is 5.92. The van der Waals surface area contributed by atoms with Crippen molar-refractivity contribution < 1.29 is 37.7 Å². The van der Waals surface area contributed by atoms with Crippen molar-refractivity contribution in [2.75, 3.05) is 36.0 Å². The Morgan fingerprint density at radius 3 is 2.63 bits per heavy atom. The number of carboxylic acids is 1. The zero-order chi connectivity index (χ0) is 30.4. The van der Waals surface area contributed by atoms with Gasteiger partial charge in [-0.25, -0.2) is 23.4 Å². The molecule has 2 aromatic heterocycles. The summed E-state index contributed by atoms with van der Waals surface area (Å²) in [6.07, 6.45) is 2.33. The molecule has 1 aromatic carbocycles. The largest absolute Gasteiger partial charge is 0.486 e. The molecular formula is C29H29F2N5O7. The first-order valence-electron chi connectivity index (χ1n) is 14.0. The van der Waals surface area contributed by atoms with Crippen LogP contribution in [0.15, 0.2) is 35.3 Å². The molecule has 3 aliphatic rings. The van der Waals surface area contributed by atoms with Gasteiger partial charge in [0.2, 0.25) is 11.3 Å². The predicted octanol–water partition coefficient (Wildman–Crippen LogP) is 3.22. The third kappa shape index (κ3) is 5.68. The molecule has 0 spiro atoms. The summed E-state index contributed by atoms with van der Waals surface area (Å²) in [5.41, 5.74) is -0.722. The fourth-order valence-electron chi connectivity index (χ4n) is 5.50. The van der Waals surface area contributed by atoms with Crippen molar-refractivity contribution in [1.82, 2.24) is 14.9 Å². The smallest absolute Gasteiger partial charge is 0.414 e. The van der Waals surface area contributed by atoms with Crippen molar-refractivity contribution in [2.24, 2.45) is 0 Å². The van der Waals surface area contributed by atoms with Gasteiger partial charge in [-0.15, -0.1) is 0 Å². The second-order valence-electron chi connectivity index (χ2n) is 11.0. The van der Waals surface area contributed by atoms with E-state index in [4.69, 9.17) is 9.47 Å². The van der Waals surface area contributed by atoms with E-state index in [1.807, 2.05) is 0 Å². The number of nitrogens with one attached hydrogen (secondary N) is 1. The molecule has 3 fully saturated rings. The zero-order valence-electron chi connectivity index (χ0n) is 23.2. The molecule has 0 bridgehead atoms. The number of carbonyl (C=O) groups is 3. The van der Waals surface area contributed by atoms with Crippen molar-refractivity contribution in [3.05, 3.63) is 57.9 Å². The number of cyclic esters (lactones) is 1. The number of pyridine rings is 2. The first-order valence-corrected chi connectivity index (χ1v) is 14.0. The highest BCUT2D eigenvalue weighted by Gasteiger charge is 2.34. The lowest BCUT2D eigenvalue weighted by Crippen LogP contribution is -2.42. The van der Waals surface area contributed by atoms with Crippen LogP contribution in [0.5, 0.6) is 5.75 Å². The fourth-order valence-corrected chi connectivity index (χ4v) is 5.50. The van der Waals surface area contributed by atoms with E-state index < -0.39 is 46.9 Å². The number of anilines is 2. The number of ether oxygens (including phenoxy) is 2. The number of aromatic nitrogens is 2. The first-order chi connectivity index (χ1) is 20.6. The Bertz CT molecular complexity index is 1690. The van der Waals surface area contributed by atoms with Crippen molar-refractivity contribution >= 4 is 40.5 Å². The van der Waals surface area contributed by atoms with Gasteiger partial charge in [-0.2, -0.15) is 0 Å². The molecular weight excluding hydrogens is 568 g/mol. The number of hydrogen-bond donors (Lipinski definition) is 2. The minimum absolute atomic E-state index is 0.00913. The van der Waals surface area contributed by atoms with Gasteiger partial charge in [0.1, 0.15) is 23.4 Å². The van der Waals surface area contributed by atoms with E-state index in [0.29, 0.717) is 19.4 Å². The van der Waals surface area contributed by atoms with Crippen molar-refractivity contribution in [3.8, 4) is 5.75 Å². The molecule has 226 valence electrons. The maximum absolute atomic E-state index is 15.4. The minimum atomic E-state index is -1.38. The highest BCUT2D eigenvalue weighted by Crippen LogP contribution is 2.37. The zero-order valence-corrected chi connectivity index (χ0v) is 23.2. The molecule has 0 radical (unpaired) electrons. The van der Waals surface area contributed by atoms with Crippen LogP contribution in [0.4, 0.5) is 25.1 Å². The van der Waals surface area contributed by atoms with Crippen LogP contribution < -0.4 is 25.3 Å². The summed E-state index contributed by atoms with van der Waals surface area (Å²) in [4.78, 5) is 55.3. The number of aromatic carboxylic acids is 1. The van der Waals surface area contributed by atoms with Gasteiger partial charge in [0.15, 0.2) is 23.2 Å². The lowest BCUT2D eigenvalue weighted by atomic mass is 10.1. The topological polar surface area (TPSA) is 143 Å². The summed E-state index contributed by atoms with van der Waals surface area (Å²) in [5, 5.41) is 12.0. The van der Waals surface area contributed by atoms with Gasteiger partial charge in [0, 0.05) is 31.8 Å². The average molecular weight is 598 g/mol. The van der Waals surface area contributed by atoms with Gasteiger partial charge in [0.25, 0.3) is 0 Å². The van der Waals surface area contributed by atoms with Crippen LogP contribution in [0.2, 0.25) is 0 Å². The number of rotatable bonds is 8. The Labute approximate surface area is 243 Å². The SMILES string of the molecule is CC(=O)NCC1CN(c2ccc(OC3CCCN(c4nc5c(cc4F)c(=O)c(C(=O)O)cn5C4CC4)C3)c(F)c2)C(=O)O1. The van der Waals surface area contributed by atoms with Gasteiger partial charge in [-0.3, -0.25) is 14.5 Å². The number of amides is 2. The minimum Gasteiger partial charge on any atom is -0.486 e. The van der Waals surface area contributed by atoms with Crippen LogP contribution in [0.1, 0.15) is 49.0 Å². The molecule has 14 heteroatoms. The number of nitrogens with zero attached hydrogens (tertiary/aromatic N) is 4. The van der Waals surface area contributed by atoms with Crippen LogP contribution in [-0.4, -0.2) is 71.0 Å². The van der Waals surface area contributed by atoms with Crippen molar-refractivity contribution in [2.45, 2.75) is 50.9 Å². The van der Waals surface area contributed by atoms with E-state index >= 15 is 8.78 Å². The Balaban J connectivity index is 1.19. The summed E-state index contributed by atoms with van der Waals surface area (Å²) in [6.45, 7) is 2.30. The molecule has 2 amide bonds. The van der Waals surface area contributed by atoms with Gasteiger partial charge in [-0.1, -0.05) is 0 Å². The molecule has 43 heavy (non-hydrogen) atoms. The molecule has 2 atom stereocenters. The van der Waals surface area contributed by atoms with E-state index in [-0.39, 0.29) is 59.9 Å². The average Bonchev–Trinajstić information content (AvgIpc) is 3.74. The van der Waals surface area contributed by atoms with Crippen LogP contribution in [0.25, 0.3) is 11.0 Å². The fraction of sp³-hybridized carbons (Fsp3) is 0.414. The maximum Gasteiger partial charge on any atom is 0.414 e. The maximum atomic E-state index is 15.4. The van der Waals surface area contributed by atoms with E-state index in [1.165, 1.54) is 36.2 Å². The molecule has 2 N–H and O–H groups in total. The summed E-state index contributed by atoms with van der Waals surface area (Å²) in [6, 6.07) is 5.15. The van der Waals surface area contributed by atoms with Gasteiger partial charge >= 0.3 is 12.1 Å². The monoisotopic (exact) mass is 597 g/mol. The van der Waals surface area contributed by atoms with Gasteiger partial charge < -0.3 is 29.4 Å². The lowest BCUT2D eigenvalue weighted by molar-refractivity contribution is -0.119. The normalized spacial score (nSPS) is 20.3. The second-order valence-corrected chi connectivity index (χ2v) is 11.0. The Hall–Kier alpha value is -4.75. The Morgan fingerprint density at radius 2 is 1.93 bits per heavy atom. The molecule has 2 saturated heterocycles. The molecule has 1 saturated carbocycles. The molecule has 12 nitrogen and oxygen atoms in total. The molecule has 1 aliphatic carbocycles. The quantitative estimate of drug-likeness (QED) is 0.400. The lowest BCUT2D eigenvalue weighted by Gasteiger charge is -2.34. The van der Waals surface area contributed by atoms with E-state index in [9.17, 15) is 24.3 Å². The summed E-state index contributed by atoms with van der Waals surface area (Å²) in [5.74, 6) is -3.11. The molecule has 4 heterocycles. The van der Waals surface area contributed by atoms with Crippen molar-refractivity contribution in [1.29, 1.82) is 0 Å². The number of fused-ring (bicyclic) bond motifs is 1. The number of carboxylic acid groups (broad SMARTS) is 1. The van der Waals surface area contributed by atoms with Crippen LogP contribution in [0, 0.1) is 11.6 Å². The second kappa shape index (κ2) is 11.2. The van der Waals surface area contributed by atoms with Gasteiger partial charge in [-0.05, 0) is 43.9 Å². The number of piperidine rings is 1. The van der Waals surface area contributed by atoms with E-state index in [0.717, 1.165) is 18.9 Å². The molecule has 2 unspecified atom stereocenters. The van der Waals surface area contributed by atoms with Crippen LogP contribution in [-0.2, 0) is 9.53 Å². The number of carbonyl (C=O) groups excluding carboxylic acids is 2. The first kappa shape index (κ1) is 28.4. The molecule has 3 aromatic rings. The molecule has 6 rings (SSSR count). The summed E-state index contributed by atoms with van der Waals surface area (Å²) >= 11 is 0. The van der Waals surface area contributed by atoms with Crippen LogP contribution >= 0.6 is 0 Å². The number of benzene rings is 1.